The van der Waals surface area contributed by atoms with E-state index in [0.717, 1.165) is 11.3 Å². The molecule has 0 aliphatic rings. The lowest BCUT2D eigenvalue weighted by Crippen LogP contribution is -2.26. The van der Waals surface area contributed by atoms with E-state index in [0.29, 0.717) is 17.3 Å². The van der Waals surface area contributed by atoms with Crippen molar-refractivity contribution < 1.29 is 9.72 Å². The summed E-state index contributed by atoms with van der Waals surface area (Å²) in [5.41, 5.74) is 0. The maximum Gasteiger partial charge on any atom is 0.324 e. The maximum absolute atomic E-state index is 11.5. The minimum atomic E-state index is -0.496. The third-order valence-electron chi connectivity index (χ3n) is 1.67. The molecule has 1 aromatic rings. The van der Waals surface area contributed by atoms with Crippen LogP contribution in [0, 0.1) is 16.0 Å². The van der Waals surface area contributed by atoms with E-state index < -0.39 is 4.92 Å². The SMILES string of the molecule is CC(C)CNC(=O)c1ccc([N+](=O)[O-])s1. The number of carbonyl (C=O) groups excluding carboxylic acids is 1. The Morgan fingerprint density at radius 3 is 2.73 bits per heavy atom. The number of nitro groups is 1. The van der Waals surface area contributed by atoms with Gasteiger partial charge in [0.2, 0.25) is 0 Å². The number of hydrogen-bond donors (Lipinski definition) is 1. The molecule has 82 valence electrons. The van der Waals surface area contributed by atoms with Crippen LogP contribution in [0.3, 0.4) is 0 Å². The average Bonchev–Trinajstić information content (AvgIpc) is 2.62. The zero-order valence-electron chi connectivity index (χ0n) is 8.52. The Balaban J connectivity index is 2.62. The highest BCUT2D eigenvalue weighted by molar-refractivity contribution is 7.17. The molecule has 0 fully saturated rings. The van der Waals surface area contributed by atoms with Gasteiger partial charge in [0.05, 0.1) is 9.80 Å². The summed E-state index contributed by atoms with van der Waals surface area (Å²) in [5, 5.41) is 13.1. The summed E-state index contributed by atoms with van der Waals surface area (Å²) in [6.45, 7) is 4.54. The predicted octanol–water partition coefficient (Wildman–Crippen LogP) is 2.04. The number of amides is 1. The molecule has 0 unspecified atom stereocenters. The largest absolute Gasteiger partial charge is 0.351 e. The molecule has 1 N–H and O–H groups in total. The molecule has 0 spiro atoms. The van der Waals surface area contributed by atoms with Crippen LogP contribution in [0.5, 0.6) is 0 Å². The van der Waals surface area contributed by atoms with Crippen LogP contribution in [0.2, 0.25) is 0 Å². The lowest BCUT2D eigenvalue weighted by atomic mass is 10.2. The number of thiophene rings is 1. The minimum absolute atomic E-state index is 0.00954. The fourth-order valence-corrected chi connectivity index (χ4v) is 1.67. The molecule has 1 aromatic heterocycles. The van der Waals surface area contributed by atoms with Gasteiger partial charge >= 0.3 is 5.00 Å². The summed E-state index contributed by atoms with van der Waals surface area (Å²) < 4.78 is 0. The number of nitrogens with one attached hydrogen (secondary N) is 1. The topological polar surface area (TPSA) is 72.2 Å². The summed E-state index contributed by atoms with van der Waals surface area (Å²) in [5.74, 6) is 0.116. The molecule has 1 heterocycles. The molecule has 0 bridgehead atoms. The lowest BCUT2D eigenvalue weighted by molar-refractivity contribution is -0.380. The fourth-order valence-electron chi connectivity index (χ4n) is 0.932. The molecule has 0 atom stereocenters. The summed E-state index contributed by atoms with van der Waals surface area (Å²) in [4.78, 5) is 21.7. The first kappa shape index (κ1) is 11.6. The summed E-state index contributed by atoms with van der Waals surface area (Å²) in [6, 6.07) is 2.81. The van der Waals surface area contributed by atoms with Gasteiger partial charge in [0.25, 0.3) is 5.91 Å². The molecule has 0 saturated heterocycles. The standard InChI is InChI=1S/C9H12N2O3S/c1-6(2)5-10-9(12)7-3-4-8(15-7)11(13)14/h3-4,6H,5H2,1-2H3,(H,10,12). The van der Waals surface area contributed by atoms with Crippen LogP contribution in [0.25, 0.3) is 0 Å². The van der Waals surface area contributed by atoms with Crippen LogP contribution in [0.1, 0.15) is 23.5 Å². The van der Waals surface area contributed by atoms with E-state index >= 15 is 0 Å². The van der Waals surface area contributed by atoms with E-state index in [4.69, 9.17) is 0 Å². The number of nitrogens with zero attached hydrogens (tertiary/aromatic N) is 1. The second kappa shape index (κ2) is 4.88. The van der Waals surface area contributed by atoms with Crippen molar-refractivity contribution in [3.8, 4) is 0 Å². The quantitative estimate of drug-likeness (QED) is 0.633. The normalized spacial score (nSPS) is 10.3. The van der Waals surface area contributed by atoms with E-state index in [9.17, 15) is 14.9 Å². The predicted molar refractivity (Wildman–Crippen MR) is 58.1 cm³/mol. The van der Waals surface area contributed by atoms with Crippen LogP contribution in [0.15, 0.2) is 12.1 Å². The maximum atomic E-state index is 11.5. The summed E-state index contributed by atoms with van der Waals surface area (Å²) in [6.07, 6.45) is 0. The molecule has 0 saturated carbocycles. The van der Waals surface area contributed by atoms with Gasteiger partial charge in [-0.25, -0.2) is 0 Å². The van der Waals surface area contributed by atoms with Crippen molar-refractivity contribution in [3.05, 3.63) is 27.1 Å². The molecular weight excluding hydrogens is 216 g/mol. The van der Waals surface area contributed by atoms with Crippen LogP contribution < -0.4 is 5.32 Å². The van der Waals surface area contributed by atoms with Crippen molar-refractivity contribution in [2.75, 3.05) is 6.54 Å². The molecule has 1 amide bonds. The second-order valence-electron chi connectivity index (χ2n) is 3.50. The molecule has 0 aromatic carbocycles. The van der Waals surface area contributed by atoms with Crippen LogP contribution in [-0.4, -0.2) is 17.4 Å². The van der Waals surface area contributed by atoms with Gasteiger partial charge in [-0.3, -0.25) is 14.9 Å². The van der Waals surface area contributed by atoms with E-state index in [1.54, 1.807) is 0 Å². The Bertz CT molecular complexity index is 373. The van der Waals surface area contributed by atoms with Crippen LogP contribution in [-0.2, 0) is 0 Å². The van der Waals surface area contributed by atoms with Crippen molar-refractivity contribution >= 4 is 22.2 Å². The smallest absolute Gasteiger partial charge is 0.324 e. The van der Waals surface area contributed by atoms with Gasteiger partial charge in [-0.2, -0.15) is 0 Å². The van der Waals surface area contributed by atoms with Gasteiger partial charge in [-0.1, -0.05) is 25.2 Å². The van der Waals surface area contributed by atoms with E-state index in [2.05, 4.69) is 5.32 Å². The Morgan fingerprint density at radius 2 is 2.27 bits per heavy atom. The molecule has 5 nitrogen and oxygen atoms in total. The molecule has 0 radical (unpaired) electrons. The highest BCUT2D eigenvalue weighted by atomic mass is 32.1. The number of carbonyl (C=O) groups is 1. The highest BCUT2D eigenvalue weighted by Crippen LogP contribution is 2.23. The van der Waals surface area contributed by atoms with Gasteiger partial charge in [-0.05, 0) is 12.0 Å². The van der Waals surface area contributed by atoms with Crippen LogP contribution in [0.4, 0.5) is 5.00 Å². The lowest BCUT2D eigenvalue weighted by Gasteiger charge is -2.05. The first-order chi connectivity index (χ1) is 7.00. The van der Waals surface area contributed by atoms with Crippen molar-refractivity contribution in [1.29, 1.82) is 0 Å². The summed E-state index contributed by atoms with van der Waals surface area (Å²) in [7, 11) is 0. The van der Waals surface area contributed by atoms with Gasteiger partial charge in [-0.15, -0.1) is 0 Å². The third kappa shape index (κ3) is 3.32. The highest BCUT2D eigenvalue weighted by Gasteiger charge is 2.14. The Kier molecular flexibility index (Phi) is 3.79. The van der Waals surface area contributed by atoms with Gasteiger partial charge in [0.15, 0.2) is 0 Å². The monoisotopic (exact) mass is 228 g/mol. The third-order valence-corrected chi connectivity index (χ3v) is 2.70. The number of rotatable bonds is 4. The van der Waals surface area contributed by atoms with Crippen molar-refractivity contribution in [2.24, 2.45) is 5.92 Å². The van der Waals surface area contributed by atoms with E-state index in [1.807, 2.05) is 13.8 Å². The van der Waals surface area contributed by atoms with E-state index in [1.165, 1.54) is 12.1 Å². The average molecular weight is 228 g/mol. The Hall–Kier alpha value is -1.43. The molecule has 15 heavy (non-hydrogen) atoms. The zero-order valence-corrected chi connectivity index (χ0v) is 9.34. The first-order valence-electron chi connectivity index (χ1n) is 4.53. The van der Waals surface area contributed by atoms with Crippen molar-refractivity contribution in [2.45, 2.75) is 13.8 Å². The zero-order chi connectivity index (χ0) is 11.4. The van der Waals surface area contributed by atoms with Gasteiger partial charge in [0, 0.05) is 12.6 Å². The fraction of sp³-hybridized carbons (Fsp3) is 0.444. The molecule has 0 aliphatic heterocycles. The first-order valence-corrected chi connectivity index (χ1v) is 5.34. The summed E-state index contributed by atoms with van der Waals surface area (Å²) >= 11 is 0.890. The molecule has 1 rings (SSSR count). The molecular formula is C9H12N2O3S. The minimum Gasteiger partial charge on any atom is -0.351 e. The number of hydrogen-bond acceptors (Lipinski definition) is 4. The van der Waals surface area contributed by atoms with Gasteiger partial charge < -0.3 is 5.32 Å². The Labute approximate surface area is 91.3 Å². The second-order valence-corrected chi connectivity index (χ2v) is 4.56. The van der Waals surface area contributed by atoms with Gasteiger partial charge in [0.1, 0.15) is 0 Å². The van der Waals surface area contributed by atoms with E-state index in [-0.39, 0.29) is 10.9 Å². The Morgan fingerprint density at radius 1 is 1.60 bits per heavy atom. The molecule has 0 aliphatic carbocycles. The molecule has 6 heteroatoms. The van der Waals surface area contributed by atoms with Crippen molar-refractivity contribution in [1.82, 2.24) is 5.32 Å². The van der Waals surface area contributed by atoms with Crippen molar-refractivity contribution in [3.63, 3.8) is 0 Å². The van der Waals surface area contributed by atoms with Crippen LogP contribution >= 0.6 is 11.3 Å².